The molecule has 0 amide bonds. The van der Waals surface area contributed by atoms with Crippen molar-refractivity contribution in [1.29, 1.82) is 0 Å². The van der Waals surface area contributed by atoms with Crippen molar-refractivity contribution < 1.29 is 29.0 Å². The van der Waals surface area contributed by atoms with Crippen LogP contribution in [0.25, 0.3) is 0 Å². The predicted molar refractivity (Wildman–Crippen MR) is 86.6 cm³/mol. The van der Waals surface area contributed by atoms with Gasteiger partial charge in [-0.3, -0.25) is 0 Å². The average molecular weight is 346 g/mol. The second-order valence-corrected chi connectivity index (χ2v) is 5.77. The van der Waals surface area contributed by atoms with Crippen LogP contribution in [-0.2, 0) is 9.47 Å². The SMILES string of the molecule is COC(=O)c1ccc(Sc2ccc(C(=O)O)c(C(=O)OC)c2)cc1. The van der Waals surface area contributed by atoms with Crippen molar-refractivity contribution in [1.82, 2.24) is 0 Å². The van der Waals surface area contributed by atoms with Gasteiger partial charge in [-0.2, -0.15) is 0 Å². The normalized spacial score (nSPS) is 10.1. The third-order valence-electron chi connectivity index (χ3n) is 3.14. The van der Waals surface area contributed by atoms with E-state index in [9.17, 15) is 14.4 Å². The molecule has 24 heavy (non-hydrogen) atoms. The fourth-order valence-corrected chi connectivity index (χ4v) is 2.82. The van der Waals surface area contributed by atoms with Crippen LogP contribution in [-0.4, -0.2) is 37.2 Å². The molecule has 7 heteroatoms. The Kier molecular flexibility index (Phi) is 5.59. The molecule has 0 saturated carbocycles. The van der Waals surface area contributed by atoms with Gasteiger partial charge in [-0.1, -0.05) is 11.8 Å². The minimum atomic E-state index is -1.20. The zero-order valence-electron chi connectivity index (χ0n) is 12.9. The molecular formula is C17H14O6S. The molecule has 0 aliphatic carbocycles. The minimum Gasteiger partial charge on any atom is -0.478 e. The second kappa shape index (κ2) is 7.65. The Morgan fingerprint density at radius 2 is 1.42 bits per heavy atom. The molecule has 0 radical (unpaired) electrons. The molecule has 0 fully saturated rings. The minimum absolute atomic E-state index is 0.0128. The summed E-state index contributed by atoms with van der Waals surface area (Å²) in [5.41, 5.74) is 0.298. The molecule has 0 aromatic heterocycles. The van der Waals surface area contributed by atoms with E-state index in [2.05, 4.69) is 9.47 Å². The predicted octanol–water partition coefficient (Wildman–Crippen LogP) is 3.11. The first-order valence-electron chi connectivity index (χ1n) is 6.78. The van der Waals surface area contributed by atoms with Crippen molar-refractivity contribution in [2.75, 3.05) is 14.2 Å². The van der Waals surface area contributed by atoms with Crippen LogP contribution in [0.15, 0.2) is 52.3 Å². The van der Waals surface area contributed by atoms with E-state index in [1.165, 1.54) is 38.1 Å². The molecule has 0 saturated heterocycles. The summed E-state index contributed by atoms with van der Waals surface area (Å²) < 4.78 is 9.26. The largest absolute Gasteiger partial charge is 0.478 e. The molecule has 6 nitrogen and oxygen atoms in total. The molecule has 0 aliphatic rings. The zero-order valence-corrected chi connectivity index (χ0v) is 13.8. The molecule has 0 atom stereocenters. The standard InChI is InChI=1S/C17H14O6S/c1-22-16(20)10-3-5-11(6-4-10)24-12-7-8-13(15(18)19)14(9-12)17(21)23-2/h3-9H,1-2H3,(H,18,19). The van der Waals surface area contributed by atoms with Crippen LogP contribution in [0.5, 0.6) is 0 Å². The van der Waals surface area contributed by atoms with Crippen molar-refractivity contribution >= 4 is 29.7 Å². The monoisotopic (exact) mass is 346 g/mol. The maximum atomic E-state index is 11.7. The van der Waals surface area contributed by atoms with Gasteiger partial charge in [0.2, 0.25) is 0 Å². The van der Waals surface area contributed by atoms with E-state index in [0.717, 1.165) is 4.90 Å². The number of hydrogen-bond acceptors (Lipinski definition) is 6. The smallest absolute Gasteiger partial charge is 0.338 e. The van der Waals surface area contributed by atoms with Gasteiger partial charge in [0.15, 0.2) is 0 Å². The molecule has 2 aromatic rings. The number of carbonyl (C=O) groups is 3. The van der Waals surface area contributed by atoms with E-state index < -0.39 is 17.9 Å². The summed E-state index contributed by atoms with van der Waals surface area (Å²) in [6.45, 7) is 0. The van der Waals surface area contributed by atoms with Gasteiger partial charge in [-0.15, -0.1) is 0 Å². The number of hydrogen-bond donors (Lipinski definition) is 1. The lowest BCUT2D eigenvalue weighted by Crippen LogP contribution is -2.10. The van der Waals surface area contributed by atoms with Crippen LogP contribution in [0.2, 0.25) is 0 Å². The number of esters is 2. The Labute approximate surface area is 142 Å². The highest BCUT2D eigenvalue weighted by Crippen LogP contribution is 2.30. The summed E-state index contributed by atoms with van der Waals surface area (Å²) in [6.07, 6.45) is 0. The number of carbonyl (C=O) groups excluding carboxylic acids is 2. The van der Waals surface area contributed by atoms with Gasteiger partial charge < -0.3 is 14.6 Å². The Bertz CT molecular complexity index is 782. The maximum Gasteiger partial charge on any atom is 0.338 e. The zero-order chi connectivity index (χ0) is 17.7. The summed E-state index contributed by atoms with van der Waals surface area (Å²) in [7, 11) is 2.50. The fraction of sp³-hybridized carbons (Fsp3) is 0.118. The van der Waals surface area contributed by atoms with Crippen molar-refractivity contribution in [2.24, 2.45) is 0 Å². The lowest BCUT2D eigenvalue weighted by Gasteiger charge is -2.08. The van der Waals surface area contributed by atoms with E-state index in [4.69, 9.17) is 5.11 Å². The highest BCUT2D eigenvalue weighted by molar-refractivity contribution is 7.99. The number of carboxylic acid groups (broad SMARTS) is 1. The molecule has 0 aliphatic heterocycles. The number of ether oxygens (including phenoxy) is 2. The van der Waals surface area contributed by atoms with Crippen molar-refractivity contribution in [3.8, 4) is 0 Å². The molecular weight excluding hydrogens is 332 g/mol. The van der Waals surface area contributed by atoms with Gasteiger partial charge in [0.25, 0.3) is 0 Å². The highest BCUT2D eigenvalue weighted by atomic mass is 32.2. The van der Waals surface area contributed by atoms with Crippen LogP contribution in [0, 0.1) is 0 Å². The van der Waals surface area contributed by atoms with Gasteiger partial charge >= 0.3 is 17.9 Å². The molecule has 2 rings (SSSR count). The van der Waals surface area contributed by atoms with Crippen molar-refractivity contribution in [3.05, 3.63) is 59.2 Å². The molecule has 1 N–H and O–H groups in total. The number of methoxy groups -OCH3 is 2. The van der Waals surface area contributed by atoms with E-state index in [1.807, 2.05) is 0 Å². The summed E-state index contributed by atoms with van der Waals surface area (Å²) >= 11 is 1.33. The quantitative estimate of drug-likeness (QED) is 0.832. The van der Waals surface area contributed by atoms with Gasteiger partial charge in [-0.25, -0.2) is 14.4 Å². The third-order valence-corrected chi connectivity index (χ3v) is 4.14. The number of aromatic carboxylic acids is 1. The summed E-state index contributed by atoms with van der Waals surface area (Å²) in [5.74, 6) is -2.34. The summed E-state index contributed by atoms with van der Waals surface area (Å²) in [6, 6.07) is 11.2. The summed E-state index contributed by atoms with van der Waals surface area (Å²) in [4.78, 5) is 35.8. The second-order valence-electron chi connectivity index (χ2n) is 4.62. The average Bonchev–Trinajstić information content (AvgIpc) is 2.60. The molecule has 0 heterocycles. The molecule has 0 spiro atoms. The molecule has 2 aromatic carbocycles. The lowest BCUT2D eigenvalue weighted by molar-refractivity contribution is 0.0581. The van der Waals surface area contributed by atoms with Gasteiger partial charge in [-0.05, 0) is 42.5 Å². The van der Waals surface area contributed by atoms with Gasteiger partial charge in [0.1, 0.15) is 0 Å². The van der Waals surface area contributed by atoms with Gasteiger partial charge in [0, 0.05) is 9.79 Å². The van der Waals surface area contributed by atoms with Gasteiger partial charge in [0.05, 0.1) is 30.9 Å². The van der Waals surface area contributed by atoms with Crippen LogP contribution in [0.3, 0.4) is 0 Å². The maximum absolute atomic E-state index is 11.7. The number of carboxylic acids is 1. The Hall–Kier alpha value is -2.80. The third kappa shape index (κ3) is 3.94. The summed E-state index contributed by atoms with van der Waals surface area (Å²) in [5, 5.41) is 9.14. The number of rotatable bonds is 5. The van der Waals surface area contributed by atoms with E-state index in [-0.39, 0.29) is 11.1 Å². The van der Waals surface area contributed by atoms with Crippen LogP contribution >= 0.6 is 11.8 Å². The lowest BCUT2D eigenvalue weighted by atomic mass is 10.1. The van der Waals surface area contributed by atoms with E-state index in [0.29, 0.717) is 10.5 Å². The topological polar surface area (TPSA) is 89.9 Å². The highest BCUT2D eigenvalue weighted by Gasteiger charge is 2.18. The molecule has 0 unspecified atom stereocenters. The van der Waals surface area contributed by atoms with Crippen molar-refractivity contribution in [2.45, 2.75) is 9.79 Å². The Balaban J connectivity index is 2.28. The fourth-order valence-electron chi connectivity index (χ4n) is 1.97. The van der Waals surface area contributed by atoms with E-state index >= 15 is 0 Å². The van der Waals surface area contributed by atoms with Crippen LogP contribution in [0.1, 0.15) is 31.1 Å². The Morgan fingerprint density at radius 3 is 1.96 bits per heavy atom. The van der Waals surface area contributed by atoms with Crippen LogP contribution in [0.4, 0.5) is 0 Å². The number of benzene rings is 2. The first kappa shape index (κ1) is 17.6. The molecule has 124 valence electrons. The Morgan fingerprint density at radius 1 is 0.833 bits per heavy atom. The van der Waals surface area contributed by atoms with Crippen molar-refractivity contribution in [3.63, 3.8) is 0 Å². The van der Waals surface area contributed by atoms with Crippen LogP contribution < -0.4 is 0 Å². The molecule has 0 bridgehead atoms. The van der Waals surface area contributed by atoms with E-state index in [1.54, 1.807) is 30.3 Å². The first-order valence-corrected chi connectivity index (χ1v) is 7.59. The first-order chi connectivity index (χ1) is 11.5.